The molecule has 1 saturated heterocycles. The molecule has 0 bridgehead atoms. The molecule has 1 aromatic heterocycles. The van der Waals surface area contributed by atoms with Gasteiger partial charge in [-0.3, -0.25) is 9.59 Å². The van der Waals surface area contributed by atoms with E-state index in [0.717, 1.165) is 0 Å². The van der Waals surface area contributed by atoms with Crippen molar-refractivity contribution < 1.29 is 32.0 Å². The lowest BCUT2D eigenvalue weighted by atomic mass is 9.98. The Morgan fingerprint density at radius 3 is 2.52 bits per heavy atom. The number of amides is 2. The summed E-state index contributed by atoms with van der Waals surface area (Å²) in [5.41, 5.74) is 0.829. The number of ether oxygens (including phenoxy) is 1. The van der Waals surface area contributed by atoms with Gasteiger partial charge in [0.15, 0.2) is 5.69 Å². The molecule has 0 saturated carbocycles. The van der Waals surface area contributed by atoms with Crippen LogP contribution >= 0.6 is 0 Å². The molecule has 2 heterocycles. The molecule has 2 aromatic rings. The first-order valence-corrected chi connectivity index (χ1v) is 8.06. The molecule has 7 nitrogen and oxygen atoms in total. The average molecular weight is 383 g/mol. The lowest BCUT2D eigenvalue weighted by Gasteiger charge is -2.37. The molecular formula is C17H16F3N3O4. The summed E-state index contributed by atoms with van der Waals surface area (Å²) in [4.78, 5) is 25.7. The van der Waals surface area contributed by atoms with Crippen LogP contribution in [0.1, 0.15) is 21.8 Å². The van der Waals surface area contributed by atoms with E-state index in [2.05, 4.69) is 15.2 Å². The van der Waals surface area contributed by atoms with Gasteiger partial charge in [-0.05, 0) is 24.6 Å². The summed E-state index contributed by atoms with van der Waals surface area (Å²) in [6.45, 7) is 2.39. The Labute approximate surface area is 152 Å². The predicted molar refractivity (Wildman–Crippen MR) is 85.6 cm³/mol. The Bertz CT molecular complexity index is 827. The third kappa shape index (κ3) is 4.78. The maximum atomic E-state index is 12.1. The number of nitrogens with zero attached hydrogens (tertiary/aromatic N) is 2. The molecule has 10 heteroatoms. The number of hydrogen-bond donors (Lipinski definition) is 1. The molecule has 1 aliphatic rings. The number of carbonyl (C=O) groups excluding carboxylic acids is 2. The molecule has 0 radical (unpaired) electrons. The lowest BCUT2D eigenvalue weighted by molar-refractivity contribution is -0.274. The van der Waals surface area contributed by atoms with Gasteiger partial charge in [0.1, 0.15) is 11.5 Å². The van der Waals surface area contributed by atoms with E-state index in [0.29, 0.717) is 11.3 Å². The Hall–Kier alpha value is -3.04. The Morgan fingerprint density at radius 1 is 1.30 bits per heavy atom. The Kier molecular flexibility index (Phi) is 5.06. The summed E-state index contributed by atoms with van der Waals surface area (Å²) in [6.07, 6.45) is -4.74. The standard InChI is InChI=1S/C17H16F3N3O4/c1-10-6-14(22-27-10)16(25)23-8-12(9-23)15(24)21-7-11-2-4-13(5-3-11)26-17(18,19)20/h2-6,12H,7-9H2,1H3,(H,21,24). The van der Waals surface area contributed by atoms with Crippen LogP contribution < -0.4 is 10.1 Å². The predicted octanol–water partition coefficient (Wildman–Crippen LogP) is 2.27. The first-order chi connectivity index (χ1) is 12.7. The molecule has 144 valence electrons. The number of halogens is 3. The number of alkyl halides is 3. The van der Waals surface area contributed by atoms with E-state index in [1.807, 2.05) is 0 Å². The first kappa shape index (κ1) is 18.7. The topological polar surface area (TPSA) is 84.7 Å². The van der Waals surface area contributed by atoms with E-state index < -0.39 is 6.36 Å². The van der Waals surface area contributed by atoms with Gasteiger partial charge < -0.3 is 19.5 Å². The quantitative estimate of drug-likeness (QED) is 0.856. The fraction of sp³-hybridized carbons (Fsp3) is 0.353. The van der Waals surface area contributed by atoms with Gasteiger partial charge in [-0.25, -0.2) is 0 Å². The molecular weight excluding hydrogens is 367 g/mol. The minimum absolute atomic E-state index is 0.165. The number of likely N-dealkylation sites (tertiary alicyclic amines) is 1. The molecule has 1 aliphatic heterocycles. The van der Waals surface area contributed by atoms with Gasteiger partial charge in [0.05, 0.1) is 5.92 Å². The third-order valence-corrected chi connectivity index (χ3v) is 4.01. The molecule has 3 rings (SSSR count). The monoisotopic (exact) mass is 383 g/mol. The molecule has 1 aromatic carbocycles. The molecule has 27 heavy (non-hydrogen) atoms. The second kappa shape index (κ2) is 7.29. The average Bonchev–Trinajstić information content (AvgIpc) is 2.98. The fourth-order valence-corrected chi connectivity index (χ4v) is 2.58. The van der Waals surface area contributed by atoms with Crippen LogP contribution in [0.5, 0.6) is 5.75 Å². The molecule has 0 spiro atoms. The fourth-order valence-electron chi connectivity index (χ4n) is 2.58. The summed E-state index contributed by atoms with van der Waals surface area (Å²) < 4.78 is 45.0. The summed E-state index contributed by atoms with van der Waals surface area (Å²) in [5, 5.41) is 6.34. The highest BCUT2D eigenvalue weighted by Crippen LogP contribution is 2.23. The second-order valence-electron chi connectivity index (χ2n) is 6.14. The van der Waals surface area contributed by atoms with Crippen LogP contribution in [0.25, 0.3) is 0 Å². The van der Waals surface area contributed by atoms with Gasteiger partial charge in [0.25, 0.3) is 5.91 Å². The van der Waals surface area contributed by atoms with Crippen molar-refractivity contribution in [3.63, 3.8) is 0 Å². The summed E-state index contributed by atoms with van der Waals surface area (Å²) in [5.74, 6) is -0.662. The van der Waals surface area contributed by atoms with Crippen LogP contribution in [0.4, 0.5) is 13.2 Å². The molecule has 1 N–H and O–H groups in total. The van der Waals surface area contributed by atoms with Crippen LogP contribution in [-0.2, 0) is 11.3 Å². The van der Waals surface area contributed by atoms with Gasteiger partial charge in [0, 0.05) is 25.7 Å². The van der Waals surface area contributed by atoms with E-state index in [9.17, 15) is 22.8 Å². The zero-order valence-electron chi connectivity index (χ0n) is 14.2. The van der Waals surface area contributed by atoms with Crippen molar-refractivity contribution in [1.82, 2.24) is 15.4 Å². The lowest BCUT2D eigenvalue weighted by Crippen LogP contribution is -2.55. The zero-order valence-corrected chi connectivity index (χ0v) is 14.2. The number of rotatable bonds is 5. The first-order valence-electron chi connectivity index (χ1n) is 8.06. The Balaban J connectivity index is 1.43. The van der Waals surface area contributed by atoms with Gasteiger partial charge in [0.2, 0.25) is 5.91 Å². The number of aryl methyl sites for hydroxylation is 1. The van der Waals surface area contributed by atoms with Crippen LogP contribution in [0.2, 0.25) is 0 Å². The van der Waals surface area contributed by atoms with Crippen molar-refractivity contribution in [2.24, 2.45) is 5.92 Å². The van der Waals surface area contributed by atoms with Crippen LogP contribution in [0, 0.1) is 12.8 Å². The molecule has 0 unspecified atom stereocenters. The van der Waals surface area contributed by atoms with Gasteiger partial charge in [-0.15, -0.1) is 13.2 Å². The van der Waals surface area contributed by atoms with Crippen molar-refractivity contribution in [2.75, 3.05) is 13.1 Å². The van der Waals surface area contributed by atoms with Gasteiger partial charge in [-0.1, -0.05) is 17.3 Å². The molecule has 1 fully saturated rings. The van der Waals surface area contributed by atoms with Crippen LogP contribution in [0.3, 0.4) is 0 Å². The summed E-state index contributed by atoms with van der Waals surface area (Å²) >= 11 is 0. The minimum atomic E-state index is -4.74. The van der Waals surface area contributed by atoms with E-state index >= 15 is 0 Å². The second-order valence-corrected chi connectivity index (χ2v) is 6.14. The Morgan fingerprint density at radius 2 is 1.96 bits per heavy atom. The van der Waals surface area contributed by atoms with Gasteiger partial charge in [-0.2, -0.15) is 0 Å². The SMILES string of the molecule is Cc1cc(C(=O)N2CC(C(=O)NCc3ccc(OC(F)(F)F)cc3)C2)no1. The van der Waals surface area contributed by atoms with E-state index in [4.69, 9.17) is 4.52 Å². The summed E-state index contributed by atoms with van der Waals surface area (Å²) in [6, 6.07) is 6.76. The van der Waals surface area contributed by atoms with E-state index in [-0.39, 0.29) is 48.8 Å². The van der Waals surface area contributed by atoms with Crippen molar-refractivity contribution in [3.8, 4) is 5.75 Å². The highest BCUT2D eigenvalue weighted by molar-refractivity contribution is 5.94. The highest BCUT2D eigenvalue weighted by Gasteiger charge is 2.37. The highest BCUT2D eigenvalue weighted by atomic mass is 19.4. The van der Waals surface area contributed by atoms with Crippen molar-refractivity contribution in [1.29, 1.82) is 0 Å². The number of hydrogen-bond acceptors (Lipinski definition) is 5. The molecule has 2 amide bonds. The summed E-state index contributed by atoms with van der Waals surface area (Å²) in [7, 11) is 0. The van der Waals surface area contributed by atoms with E-state index in [1.54, 1.807) is 6.92 Å². The number of benzene rings is 1. The largest absolute Gasteiger partial charge is 0.573 e. The maximum absolute atomic E-state index is 12.1. The molecule has 0 atom stereocenters. The van der Waals surface area contributed by atoms with Crippen molar-refractivity contribution >= 4 is 11.8 Å². The third-order valence-electron chi connectivity index (χ3n) is 4.01. The van der Waals surface area contributed by atoms with Crippen molar-refractivity contribution in [3.05, 3.63) is 47.3 Å². The normalized spacial score (nSPS) is 14.6. The number of nitrogens with one attached hydrogen (secondary N) is 1. The zero-order chi connectivity index (χ0) is 19.6. The number of carbonyl (C=O) groups is 2. The maximum Gasteiger partial charge on any atom is 0.573 e. The van der Waals surface area contributed by atoms with Gasteiger partial charge >= 0.3 is 6.36 Å². The smallest absolute Gasteiger partial charge is 0.406 e. The van der Waals surface area contributed by atoms with Crippen LogP contribution in [0.15, 0.2) is 34.9 Å². The van der Waals surface area contributed by atoms with Crippen LogP contribution in [-0.4, -0.2) is 41.3 Å². The van der Waals surface area contributed by atoms with Crippen molar-refractivity contribution in [2.45, 2.75) is 19.8 Å². The minimum Gasteiger partial charge on any atom is -0.406 e. The molecule has 0 aliphatic carbocycles. The van der Waals surface area contributed by atoms with E-state index in [1.165, 1.54) is 35.2 Å². The number of aromatic nitrogens is 1.